The second-order valence-electron chi connectivity index (χ2n) is 18.3. The van der Waals surface area contributed by atoms with Crippen LogP contribution in [-0.2, 0) is 28.9 Å². The summed E-state index contributed by atoms with van der Waals surface area (Å²) < 4.78 is 47.6. The van der Waals surface area contributed by atoms with E-state index in [1.165, 1.54) is 135 Å². The number of unbranched alkanes of at least 4 members (excludes halogenated alkanes) is 29. The first kappa shape index (κ1) is 60.6. The van der Waals surface area contributed by atoms with Gasteiger partial charge in [-0.3, -0.25) is 9.35 Å². The highest BCUT2D eigenvalue weighted by Gasteiger charge is 2.48. The Hall–Kier alpha value is -1.46. The van der Waals surface area contributed by atoms with Crippen LogP contribution < -0.4 is 5.32 Å². The summed E-state index contributed by atoms with van der Waals surface area (Å²) in [5.41, 5.74) is 0. The number of carbonyl (C=O) groups is 1. The summed E-state index contributed by atoms with van der Waals surface area (Å²) >= 11 is 0. The summed E-state index contributed by atoms with van der Waals surface area (Å²) in [6, 6.07) is -1.12. The average Bonchev–Trinajstić information content (AvgIpc) is 3.27. The van der Waals surface area contributed by atoms with Gasteiger partial charge in [0.1, 0.15) is 30.5 Å². The summed E-state index contributed by atoms with van der Waals surface area (Å²) in [4.78, 5) is 13.2. The highest BCUT2D eigenvalue weighted by atomic mass is 32.3. The van der Waals surface area contributed by atoms with Crippen LogP contribution in [0.5, 0.6) is 0 Å². The number of amides is 1. The fourth-order valence-corrected chi connectivity index (χ4v) is 8.73. The minimum atomic E-state index is -5.12. The maximum atomic E-state index is 13.2. The first-order valence-electron chi connectivity index (χ1n) is 25.8. The van der Waals surface area contributed by atoms with Crippen molar-refractivity contribution >= 4 is 16.3 Å². The number of allylic oxidation sites excluding steroid dienone is 3. The maximum Gasteiger partial charge on any atom is 0.397 e. The fourth-order valence-electron chi connectivity index (χ4n) is 8.22. The van der Waals surface area contributed by atoms with Crippen LogP contribution in [0.15, 0.2) is 24.3 Å². The number of nitrogens with one attached hydrogen (secondary N) is 1. The summed E-state index contributed by atoms with van der Waals surface area (Å²) in [6.07, 6.45) is 35.3. The van der Waals surface area contributed by atoms with Gasteiger partial charge in [0, 0.05) is 0 Å². The van der Waals surface area contributed by atoms with Crippen LogP contribution in [0.1, 0.15) is 226 Å². The molecule has 0 saturated carbocycles. The fraction of sp³-hybridized carbons (Fsp3) is 0.900. The first-order chi connectivity index (χ1) is 30.9. The van der Waals surface area contributed by atoms with Crippen molar-refractivity contribution in [3.63, 3.8) is 0 Å². The molecule has 0 aromatic rings. The second-order valence-corrected chi connectivity index (χ2v) is 19.3. The Balaban J connectivity index is 2.52. The van der Waals surface area contributed by atoms with Gasteiger partial charge < -0.3 is 40.3 Å². The van der Waals surface area contributed by atoms with Crippen molar-refractivity contribution in [3.8, 4) is 0 Å². The lowest BCUT2D eigenvalue weighted by Crippen LogP contribution is -2.61. The van der Waals surface area contributed by atoms with Crippen LogP contribution in [0.25, 0.3) is 0 Å². The Morgan fingerprint density at radius 1 is 0.625 bits per heavy atom. The zero-order valence-corrected chi connectivity index (χ0v) is 41.0. The van der Waals surface area contributed by atoms with Crippen LogP contribution >= 0.6 is 0 Å². The molecule has 14 heteroatoms. The van der Waals surface area contributed by atoms with Crippen molar-refractivity contribution in [1.29, 1.82) is 0 Å². The largest absolute Gasteiger partial charge is 0.397 e. The normalized spacial score (nSPS) is 20.9. The number of hydrogen-bond donors (Lipinski definition) is 7. The van der Waals surface area contributed by atoms with Gasteiger partial charge in [0.25, 0.3) is 0 Å². The minimum Gasteiger partial charge on any atom is -0.394 e. The van der Waals surface area contributed by atoms with Gasteiger partial charge in [-0.15, -0.1) is 0 Å². The summed E-state index contributed by atoms with van der Waals surface area (Å²) in [7, 11) is -5.12. The molecule has 1 heterocycles. The van der Waals surface area contributed by atoms with E-state index in [-0.39, 0.29) is 6.42 Å². The van der Waals surface area contributed by atoms with Gasteiger partial charge in [0.2, 0.25) is 5.91 Å². The van der Waals surface area contributed by atoms with E-state index >= 15 is 0 Å². The van der Waals surface area contributed by atoms with Gasteiger partial charge in [-0.2, -0.15) is 8.42 Å². The van der Waals surface area contributed by atoms with Crippen molar-refractivity contribution in [3.05, 3.63) is 24.3 Å². The minimum absolute atomic E-state index is 0.237. The van der Waals surface area contributed by atoms with E-state index < -0.39 is 78.5 Å². The average molecular weight is 934 g/mol. The molecule has 1 aliphatic rings. The van der Waals surface area contributed by atoms with E-state index in [1.807, 2.05) is 6.08 Å². The summed E-state index contributed by atoms with van der Waals surface area (Å²) in [5, 5.41) is 55.4. The van der Waals surface area contributed by atoms with Crippen molar-refractivity contribution in [2.75, 3.05) is 13.2 Å². The van der Waals surface area contributed by atoms with Gasteiger partial charge in [0.05, 0.1) is 25.4 Å². The predicted molar refractivity (Wildman–Crippen MR) is 256 cm³/mol. The molecule has 8 unspecified atom stereocenters. The Morgan fingerprint density at radius 2 is 1.03 bits per heavy atom. The SMILES string of the molecule is CCCCCCCCCCC/C=C\CCCCCCCCC(O)C(=O)NC(COC1OC(CO)C(O)C(OS(=O)(=O)O)C1O)C(O)/C=C/CCCCCCCCCCCCCCCC. The molecule has 0 radical (unpaired) electrons. The first-order valence-corrected chi connectivity index (χ1v) is 27.2. The predicted octanol–water partition coefficient (Wildman–Crippen LogP) is 9.86. The third-order valence-electron chi connectivity index (χ3n) is 12.3. The molecule has 0 aromatic carbocycles. The molecule has 0 spiro atoms. The molecule has 1 aliphatic heterocycles. The number of ether oxygens (including phenoxy) is 2. The van der Waals surface area contributed by atoms with Crippen molar-refractivity contribution in [2.24, 2.45) is 0 Å². The Morgan fingerprint density at radius 3 is 1.45 bits per heavy atom. The lowest BCUT2D eigenvalue weighted by Gasteiger charge is -2.41. The van der Waals surface area contributed by atoms with E-state index in [4.69, 9.17) is 9.47 Å². The lowest BCUT2D eigenvalue weighted by molar-refractivity contribution is -0.298. The molecule has 0 aliphatic carbocycles. The topological polar surface area (TPSA) is 212 Å². The molecule has 1 amide bonds. The highest BCUT2D eigenvalue weighted by molar-refractivity contribution is 7.80. The van der Waals surface area contributed by atoms with E-state index in [0.717, 1.165) is 57.8 Å². The van der Waals surface area contributed by atoms with Crippen LogP contribution in [0.3, 0.4) is 0 Å². The van der Waals surface area contributed by atoms with Crippen molar-refractivity contribution < 1.29 is 57.0 Å². The summed E-state index contributed by atoms with van der Waals surface area (Å²) in [6.45, 7) is 3.24. The molecule has 1 rings (SSSR count). The molecule has 1 fully saturated rings. The molecule has 0 bridgehead atoms. The molecule has 13 nitrogen and oxygen atoms in total. The van der Waals surface area contributed by atoms with Gasteiger partial charge >= 0.3 is 10.4 Å². The molecule has 0 aromatic heterocycles. The van der Waals surface area contributed by atoms with E-state index in [0.29, 0.717) is 12.8 Å². The Bertz CT molecular complexity index is 1250. The highest BCUT2D eigenvalue weighted by Crippen LogP contribution is 2.26. The number of aliphatic hydroxyl groups excluding tert-OH is 5. The van der Waals surface area contributed by atoms with E-state index in [2.05, 4.69) is 35.5 Å². The number of rotatable bonds is 44. The van der Waals surface area contributed by atoms with Gasteiger partial charge in [-0.1, -0.05) is 205 Å². The second kappa shape index (κ2) is 40.6. The third kappa shape index (κ3) is 32.3. The molecule has 64 heavy (non-hydrogen) atoms. The molecule has 8 atom stereocenters. The van der Waals surface area contributed by atoms with Gasteiger partial charge in [-0.05, 0) is 44.9 Å². The molecule has 7 N–H and O–H groups in total. The third-order valence-corrected chi connectivity index (χ3v) is 12.8. The van der Waals surface area contributed by atoms with Gasteiger partial charge in [-0.25, -0.2) is 4.18 Å². The monoisotopic (exact) mass is 934 g/mol. The smallest absolute Gasteiger partial charge is 0.394 e. The maximum absolute atomic E-state index is 13.2. The van der Waals surface area contributed by atoms with E-state index in [1.54, 1.807) is 6.08 Å². The number of carbonyl (C=O) groups excluding carboxylic acids is 1. The van der Waals surface area contributed by atoms with Crippen molar-refractivity contribution in [2.45, 2.75) is 275 Å². The molecular formula is C50H95NO12S. The Labute approximate surface area is 389 Å². The molecular weight excluding hydrogens is 839 g/mol. The number of aliphatic hydroxyl groups is 5. The number of hydrogen-bond acceptors (Lipinski definition) is 11. The Kier molecular flexibility index (Phi) is 38.4. The van der Waals surface area contributed by atoms with Crippen molar-refractivity contribution in [1.82, 2.24) is 5.32 Å². The van der Waals surface area contributed by atoms with Crippen LogP contribution in [0.2, 0.25) is 0 Å². The zero-order valence-electron chi connectivity index (χ0n) is 40.2. The zero-order chi connectivity index (χ0) is 47.1. The molecule has 378 valence electrons. The van der Waals surface area contributed by atoms with Crippen LogP contribution in [0, 0.1) is 0 Å². The lowest BCUT2D eigenvalue weighted by atomic mass is 9.99. The van der Waals surface area contributed by atoms with Gasteiger partial charge in [0.15, 0.2) is 6.29 Å². The summed E-state index contributed by atoms with van der Waals surface area (Å²) in [5.74, 6) is -0.705. The van der Waals surface area contributed by atoms with E-state index in [9.17, 15) is 43.3 Å². The quantitative estimate of drug-likeness (QED) is 0.0173. The standard InChI is InChI=1S/C50H95NO12S/c1-3-5-7-9-11-13-15-17-19-21-22-23-25-27-29-31-33-35-37-39-44(54)49(57)51-42(41-61-50-47(56)48(63-64(58,59)60)46(55)45(40-52)62-50)43(53)38-36-34-32-30-28-26-24-20-18-16-14-12-10-8-6-4-2/h22-23,36,38,42-48,50,52-56H,3-21,24-35,37,39-41H2,1-2H3,(H,51,57)(H,58,59,60)/b23-22-,38-36+. The van der Waals surface area contributed by atoms with Crippen LogP contribution in [-0.4, -0.2) is 107 Å². The molecule has 1 saturated heterocycles. The van der Waals surface area contributed by atoms with Crippen LogP contribution in [0.4, 0.5) is 0 Å².